The second kappa shape index (κ2) is 8.59. The highest BCUT2D eigenvalue weighted by Crippen LogP contribution is 2.20. The van der Waals surface area contributed by atoms with Gasteiger partial charge in [-0.15, -0.1) is 0 Å². The van der Waals surface area contributed by atoms with Crippen LogP contribution in [0, 0.1) is 0 Å². The Morgan fingerprint density at radius 2 is 1.83 bits per heavy atom. The molecule has 23 heavy (non-hydrogen) atoms. The zero-order valence-corrected chi connectivity index (χ0v) is 13.8. The van der Waals surface area contributed by atoms with E-state index in [1.165, 1.54) is 36.9 Å². The fourth-order valence-electron chi connectivity index (χ4n) is 1.25. The fourth-order valence-corrected chi connectivity index (χ4v) is 2.08. The van der Waals surface area contributed by atoms with E-state index in [9.17, 15) is 13.2 Å². The Bertz CT molecular complexity index is 811. The first kappa shape index (κ1) is 19.0. The SMILES string of the molecule is NC(=O)c1ccc(Cl)cc1Cl.O=S(=O)(O)/C=C/c1cncnc1. The topological polar surface area (TPSA) is 123 Å². The van der Waals surface area contributed by atoms with Crippen LogP contribution in [0.1, 0.15) is 15.9 Å². The number of rotatable bonds is 3. The summed E-state index contributed by atoms with van der Waals surface area (Å²) in [6, 6.07) is 4.53. The van der Waals surface area contributed by atoms with Gasteiger partial charge < -0.3 is 5.73 Å². The van der Waals surface area contributed by atoms with Crippen LogP contribution in [0.3, 0.4) is 0 Å². The van der Waals surface area contributed by atoms with Gasteiger partial charge in [0.2, 0.25) is 5.91 Å². The van der Waals surface area contributed by atoms with E-state index in [1.54, 1.807) is 6.07 Å². The quantitative estimate of drug-likeness (QED) is 0.793. The van der Waals surface area contributed by atoms with Crippen LogP contribution in [0.5, 0.6) is 0 Å². The first-order valence-electron chi connectivity index (χ1n) is 5.84. The molecular formula is C13H11Cl2N3O4S. The molecule has 1 amide bonds. The van der Waals surface area contributed by atoms with Gasteiger partial charge in [0.15, 0.2) is 0 Å². The molecule has 0 saturated carbocycles. The third kappa shape index (κ3) is 7.71. The Labute approximate surface area is 142 Å². The summed E-state index contributed by atoms with van der Waals surface area (Å²) in [4.78, 5) is 17.9. The van der Waals surface area contributed by atoms with E-state index in [4.69, 9.17) is 33.5 Å². The molecule has 1 aromatic heterocycles. The van der Waals surface area contributed by atoms with Gasteiger partial charge in [0, 0.05) is 23.0 Å². The molecule has 0 bridgehead atoms. The number of primary amides is 1. The molecule has 0 radical (unpaired) electrons. The maximum Gasteiger partial charge on any atom is 0.287 e. The number of nitrogens with zero attached hydrogens (tertiary/aromatic N) is 2. The minimum absolute atomic E-state index is 0.282. The van der Waals surface area contributed by atoms with Gasteiger partial charge in [-0.3, -0.25) is 9.35 Å². The van der Waals surface area contributed by atoms with E-state index in [2.05, 4.69) is 9.97 Å². The van der Waals surface area contributed by atoms with E-state index >= 15 is 0 Å². The molecule has 0 aliphatic carbocycles. The summed E-state index contributed by atoms with van der Waals surface area (Å²) in [5.41, 5.74) is 5.80. The van der Waals surface area contributed by atoms with Crippen LogP contribution < -0.4 is 5.73 Å². The van der Waals surface area contributed by atoms with Gasteiger partial charge in [0.05, 0.1) is 16.0 Å². The Hall–Kier alpha value is -2.00. The molecule has 1 heterocycles. The van der Waals surface area contributed by atoms with Crippen LogP contribution in [0.2, 0.25) is 10.0 Å². The van der Waals surface area contributed by atoms with Crippen molar-refractivity contribution < 1.29 is 17.8 Å². The molecule has 0 aliphatic rings. The smallest absolute Gasteiger partial charge is 0.287 e. The number of hydrogen-bond donors (Lipinski definition) is 2. The number of carbonyl (C=O) groups is 1. The van der Waals surface area contributed by atoms with Crippen LogP contribution in [-0.4, -0.2) is 28.8 Å². The summed E-state index contributed by atoms with van der Waals surface area (Å²) in [6.45, 7) is 0. The first-order valence-corrected chi connectivity index (χ1v) is 8.10. The molecule has 0 spiro atoms. The van der Waals surface area contributed by atoms with Gasteiger partial charge in [-0.2, -0.15) is 8.42 Å². The second-order valence-corrected chi connectivity index (χ2v) is 6.12. The number of carbonyl (C=O) groups excluding carboxylic acids is 1. The van der Waals surface area contributed by atoms with Crippen molar-refractivity contribution in [3.05, 3.63) is 63.5 Å². The monoisotopic (exact) mass is 375 g/mol. The fraction of sp³-hybridized carbons (Fsp3) is 0. The average Bonchev–Trinajstić information content (AvgIpc) is 2.46. The molecule has 2 rings (SSSR count). The highest BCUT2D eigenvalue weighted by atomic mass is 35.5. The molecule has 0 fully saturated rings. The molecule has 7 nitrogen and oxygen atoms in total. The molecule has 0 atom stereocenters. The van der Waals surface area contributed by atoms with Crippen LogP contribution in [0.25, 0.3) is 6.08 Å². The second-order valence-electron chi connectivity index (χ2n) is 3.98. The number of hydrogen-bond acceptors (Lipinski definition) is 5. The van der Waals surface area contributed by atoms with Gasteiger partial charge in [0.1, 0.15) is 6.33 Å². The lowest BCUT2D eigenvalue weighted by Crippen LogP contribution is -2.11. The number of amides is 1. The minimum Gasteiger partial charge on any atom is -0.366 e. The van der Waals surface area contributed by atoms with E-state index in [0.717, 1.165) is 0 Å². The number of nitrogens with two attached hydrogens (primary N) is 1. The lowest BCUT2D eigenvalue weighted by molar-refractivity contribution is 0.100. The predicted octanol–water partition coefficient (Wildman–Crippen LogP) is 2.43. The van der Waals surface area contributed by atoms with Crippen LogP contribution >= 0.6 is 23.2 Å². The summed E-state index contributed by atoms with van der Waals surface area (Å²) in [6.07, 6.45) is 5.38. The van der Waals surface area contributed by atoms with Crippen LogP contribution in [-0.2, 0) is 10.1 Å². The Kier molecular flexibility index (Phi) is 7.11. The molecule has 3 N–H and O–H groups in total. The molecule has 0 unspecified atom stereocenters. The van der Waals surface area contributed by atoms with Crippen molar-refractivity contribution in [3.63, 3.8) is 0 Å². The lowest BCUT2D eigenvalue weighted by atomic mass is 10.2. The van der Waals surface area contributed by atoms with E-state index in [0.29, 0.717) is 16.0 Å². The largest absolute Gasteiger partial charge is 0.366 e. The highest BCUT2D eigenvalue weighted by molar-refractivity contribution is 7.88. The normalized spacial score (nSPS) is 10.9. The molecule has 1 aromatic carbocycles. The van der Waals surface area contributed by atoms with Gasteiger partial charge in [-0.1, -0.05) is 23.2 Å². The number of benzene rings is 1. The molecule has 2 aromatic rings. The number of halogens is 2. The standard InChI is InChI=1S/C7H5Cl2NO.C6H6N2O3S/c8-4-1-2-5(7(10)11)6(9)3-4;9-12(10,11)2-1-6-3-7-5-8-4-6/h1-3H,(H2,10,11);1-5H,(H,9,10,11)/b;2-1+. The van der Waals surface area contributed by atoms with E-state index in [-0.39, 0.29) is 10.6 Å². The summed E-state index contributed by atoms with van der Waals surface area (Å²) in [5, 5.41) is 1.44. The van der Waals surface area contributed by atoms with Crippen molar-refractivity contribution in [1.29, 1.82) is 0 Å². The van der Waals surface area contributed by atoms with Gasteiger partial charge >= 0.3 is 0 Å². The third-order valence-electron chi connectivity index (χ3n) is 2.21. The Balaban J connectivity index is 0.000000231. The minimum atomic E-state index is -4.06. The Morgan fingerprint density at radius 1 is 1.22 bits per heavy atom. The van der Waals surface area contributed by atoms with E-state index in [1.807, 2.05) is 0 Å². The van der Waals surface area contributed by atoms with Crippen molar-refractivity contribution in [3.8, 4) is 0 Å². The molecule has 10 heteroatoms. The average molecular weight is 376 g/mol. The predicted molar refractivity (Wildman–Crippen MR) is 87.6 cm³/mol. The van der Waals surface area contributed by atoms with Crippen molar-refractivity contribution in [2.45, 2.75) is 0 Å². The molecular weight excluding hydrogens is 365 g/mol. The first-order chi connectivity index (χ1) is 10.7. The summed E-state index contributed by atoms with van der Waals surface area (Å²) < 4.78 is 28.8. The summed E-state index contributed by atoms with van der Waals surface area (Å²) in [7, 11) is -4.06. The van der Waals surface area contributed by atoms with E-state index < -0.39 is 16.0 Å². The summed E-state index contributed by atoms with van der Waals surface area (Å²) >= 11 is 11.2. The zero-order valence-electron chi connectivity index (χ0n) is 11.4. The molecule has 0 aliphatic heterocycles. The van der Waals surface area contributed by atoms with Gasteiger partial charge in [-0.05, 0) is 24.3 Å². The number of aromatic nitrogens is 2. The lowest BCUT2D eigenvalue weighted by Gasteiger charge is -1.97. The van der Waals surface area contributed by atoms with Crippen LogP contribution in [0.4, 0.5) is 0 Å². The van der Waals surface area contributed by atoms with Crippen molar-refractivity contribution in [1.82, 2.24) is 9.97 Å². The van der Waals surface area contributed by atoms with Crippen molar-refractivity contribution in [2.24, 2.45) is 5.73 Å². The third-order valence-corrected chi connectivity index (χ3v) is 3.24. The van der Waals surface area contributed by atoms with Gasteiger partial charge in [0.25, 0.3) is 10.1 Å². The molecule has 0 saturated heterocycles. The molecule has 122 valence electrons. The maximum atomic E-state index is 10.6. The zero-order chi connectivity index (χ0) is 17.5. The van der Waals surface area contributed by atoms with Crippen LogP contribution in [0.15, 0.2) is 42.3 Å². The van der Waals surface area contributed by atoms with Crippen molar-refractivity contribution >= 4 is 45.3 Å². The Morgan fingerprint density at radius 3 is 2.30 bits per heavy atom. The summed E-state index contributed by atoms with van der Waals surface area (Å²) in [5.74, 6) is -0.549. The van der Waals surface area contributed by atoms with Crippen molar-refractivity contribution in [2.75, 3.05) is 0 Å². The highest BCUT2D eigenvalue weighted by Gasteiger charge is 2.05. The van der Waals surface area contributed by atoms with Gasteiger partial charge in [-0.25, -0.2) is 9.97 Å². The maximum absolute atomic E-state index is 10.6.